The van der Waals surface area contributed by atoms with Gasteiger partial charge in [0.2, 0.25) is 5.66 Å². The third kappa shape index (κ3) is 6.18. The van der Waals surface area contributed by atoms with Crippen LogP contribution in [0.1, 0.15) is 24.8 Å². The first-order chi connectivity index (χ1) is 17.8. The van der Waals surface area contributed by atoms with Crippen molar-refractivity contribution in [2.45, 2.75) is 31.0 Å². The van der Waals surface area contributed by atoms with Gasteiger partial charge in [-0.3, -0.25) is 14.6 Å². The number of hydrogen-bond donors (Lipinski definition) is 3. The number of carbonyl (C=O) groups excluding carboxylic acids is 2. The Morgan fingerprint density at radius 1 is 1.00 bits per heavy atom. The lowest BCUT2D eigenvalue weighted by Gasteiger charge is -2.47. The van der Waals surface area contributed by atoms with Gasteiger partial charge >= 0.3 is 6.03 Å². The van der Waals surface area contributed by atoms with Crippen molar-refractivity contribution in [2.24, 2.45) is 5.73 Å². The summed E-state index contributed by atoms with van der Waals surface area (Å²) in [6.45, 7) is 4.90. The van der Waals surface area contributed by atoms with E-state index >= 15 is 0 Å². The smallest absolute Gasteiger partial charge is 0.321 e. The molecule has 2 heterocycles. The maximum absolute atomic E-state index is 13.3. The Kier molecular flexibility index (Phi) is 8.91. The highest BCUT2D eigenvalue weighted by atomic mass is 35.5. The Hall–Kier alpha value is -2.85. The van der Waals surface area contributed by atoms with Gasteiger partial charge in [-0.1, -0.05) is 29.8 Å². The van der Waals surface area contributed by atoms with E-state index in [1.54, 1.807) is 43.5 Å². The van der Waals surface area contributed by atoms with Gasteiger partial charge in [-0.05, 0) is 69.7 Å². The summed E-state index contributed by atoms with van der Waals surface area (Å²) in [6.07, 6.45) is 3.48. The first kappa shape index (κ1) is 27.2. The van der Waals surface area contributed by atoms with Gasteiger partial charge in [-0.25, -0.2) is 4.79 Å². The highest BCUT2D eigenvalue weighted by Gasteiger charge is 2.49. The molecule has 9 nitrogen and oxygen atoms in total. The third-order valence-electron chi connectivity index (χ3n) is 7.48. The van der Waals surface area contributed by atoms with Crippen molar-refractivity contribution in [3.8, 4) is 5.75 Å². The molecule has 2 fully saturated rings. The SMILES string of the molecule is COc1ccccc1C(NC(=O)Nc1ccc(Cl)cc1)(C(N)=O)N1CCN(C2CCCN(C)CC2)CC1. The monoisotopic (exact) mass is 528 g/mol. The van der Waals surface area contributed by atoms with E-state index < -0.39 is 17.6 Å². The number of anilines is 1. The zero-order valence-electron chi connectivity index (χ0n) is 21.6. The lowest BCUT2D eigenvalue weighted by molar-refractivity contribution is -0.135. The van der Waals surface area contributed by atoms with Crippen molar-refractivity contribution in [2.75, 3.05) is 58.7 Å². The molecule has 2 aromatic carbocycles. The number of amides is 3. The average Bonchev–Trinajstić information content (AvgIpc) is 3.13. The largest absolute Gasteiger partial charge is 0.496 e. The maximum Gasteiger partial charge on any atom is 0.321 e. The normalized spacial score (nSPS) is 21.4. The van der Waals surface area contributed by atoms with Gasteiger partial charge in [0.15, 0.2) is 0 Å². The van der Waals surface area contributed by atoms with Gasteiger partial charge in [0, 0.05) is 48.5 Å². The summed E-state index contributed by atoms with van der Waals surface area (Å²) in [5, 5.41) is 6.29. The van der Waals surface area contributed by atoms with Crippen molar-refractivity contribution in [1.82, 2.24) is 20.0 Å². The lowest BCUT2D eigenvalue weighted by Crippen LogP contribution is -2.69. The van der Waals surface area contributed by atoms with Crippen molar-refractivity contribution >= 4 is 29.2 Å². The minimum Gasteiger partial charge on any atom is -0.496 e. The van der Waals surface area contributed by atoms with Gasteiger partial charge in [-0.15, -0.1) is 0 Å². The van der Waals surface area contributed by atoms with E-state index in [2.05, 4.69) is 27.5 Å². The van der Waals surface area contributed by atoms with E-state index in [1.165, 1.54) is 12.8 Å². The van der Waals surface area contributed by atoms with Crippen molar-refractivity contribution in [3.63, 3.8) is 0 Å². The minimum atomic E-state index is -1.60. The van der Waals surface area contributed by atoms with Gasteiger partial charge in [0.25, 0.3) is 5.91 Å². The van der Waals surface area contributed by atoms with Crippen LogP contribution in [0.5, 0.6) is 5.75 Å². The number of para-hydroxylation sites is 1. The molecule has 2 aliphatic rings. The number of methoxy groups -OCH3 is 1. The number of rotatable bonds is 7. The molecule has 2 aliphatic heterocycles. The first-order valence-corrected chi connectivity index (χ1v) is 13.2. The zero-order chi connectivity index (χ0) is 26.4. The van der Waals surface area contributed by atoms with Crippen LogP contribution in [0.25, 0.3) is 0 Å². The Balaban J connectivity index is 1.60. The standard InChI is InChI=1S/C27H37ClN6O3/c1-32-14-5-6-22(13-15-32)33-16-18-34(19-17-33)27(25(29)35,23-7-3-4-8-24(23)37-2)31-26(36)30-21-11-9-20(28)10-12-21/h3-4,7-12,22H,5-6,13-19H2,1-2H3,(H2,29,35)(H2,30,31,36). The maximum atomic E-state index is 13.3. The van der Waals surface area contributed by atoms with Crippen LogP contribution in [-0.4, -0.2) is 86.1 Å². The average molecular weight is 529 g/mol. The molecule has 37 heavy (non-hydrogen) atoms. The second-order valence-electron chi connectivity index (χ2n) is 9.77. The van der Waals surface area contributed by atoms with Crippen molar-refractivity contribution in [3.05, 3.63) is 59.1 Å². The van der Waals surface area contributed by atoms with E-state index in [0.717, 1.165) is 32.6 Å². The predicted molar refractivity (Wildman–Crippen MR) is 146 cm³/mol. The molecular formula is C27H37ClN6O3. The number of ether oxygens (including phenoxy) is 1. The fraction of sp³-hybridized carbons (Fsp3) is 0.481. The highest BCUT2D eigenvalue weighted by Crippen LogP contribution is 2.34. The molecule has 0 spiro atoms. The Morgan fingerprint density at radius 3 is 2.38 bits per heavy atom. The molecule has 3 amide bonds. The summed E-state index contributed by atoms with van der Waals surface area (Å²) in [4.78, 5) is 33.5. The molecule has 0 aromatic heterocycles. The predicted octanol–water partition coefficient (Wildman–Crippen LogP) is 2.91. The van der Waals surface area contributed by atoms with Gasteiger partial charge < -0.3 is 26.0 Å². The molecule has 2 saturated heterocycles. The van der Waals surface area contributed by atoms with E-state index in [1.807, 2.05) is 17.0 Å². The quantitative estimate of drug-likeness (QED) is 0.510. The second kappa shape index (κ2) is 12.1. The fourth-order valence-corrected chi connectivity index (χ4v) is 5.61. The number of primary amides is 1. The van der Waals surface area contributed by atoms with E-state index in [4.69, 9.17) is 22.1 Å². The molecule has 0 bridgehead atoms. The summed E-state index contributed by atoms with van der Waals surface area (Å²) in [5.41, 5.74) is 5.57. The molecule has 2 atom stereocenters. The molecule has 0 saturated carbocycles. The highest BCUT2D eigenvalue weighted by molar-refractivity contribution is 6.30. The fourth-order valence-electron chi connectivity index (χ4n) is 5.48. The van der Waals surface area contributed by atoms with E-state index in [0.29, 0.717) is 41.2 Å². The molecule has 200 valence electrons. The first-order valence-electron chi connectivity index (χ1n) is 12.8. The van der Waals surface area contributed by atoms with Gasteiger partial charge in [-0.2, -0.15) is 0 Å². The third-order valence-corrected chi connectivity index (χ3v) is 7.73. The number of benzene rings is 2. The number of nitrogens with one attached hydrogen (secondary N) is 2. The Bertz CT molecular complexity index is 1080. The summed E-state index contributed by atoms with van der Waals surface area (Å²) >= 11 is 5.98. The number of piperazine rings is 1. The second-order valence-corrected chi connectivity index (χ2v) is 10.2. The topological polar surface area (TPSA) is 103 Å². The zero-order valence-corrected chi connectivity index (χ0v) is 22.3. The lowest BCUT2D eigenvalue weighted by atomic mass is 9.93. The van der Waals surface area contributed by atoms with Crippen molar-refractivity contribution in [1.29, 1.82) is 0 Å². The van der Waals surface area contributed by atoms with Crippen LogP contribution >= 0.6 is 11.6 Å². The molecule has 0 aliphatic carbocycles. The van der Waals surface area contributed by atoms with Gasteiger partial charge in [0.05, 0.1) is 7.11 Å². The number of halogens is 1. The number of nitrogens with two attached hydrogens (primary N) is 1. The number of nitrogens with zero attached hydrogens (tertiary/aromatic N) is 3. The van der Waals surface area contributed by atoms with Gasteiger partial charge in [0.1, 0.15) is 5.75 Å². The summed E-state index contributed by atoms with van der Waals surface area (Å²) in [6, 6.07) is 13.9. The summed E-state index contributed by atoms with van der Waals surface area (Å²) in [7, 11) is 3.72. The number of carbonyl (C=O) groups is 2. The molecule has 4 N–H and O–H groups in total. The van der Waals surface area contributed by atoms with E-state index in [9.17, 15) is 9.59 Å². The van der Waals surface area contributed by atoms with Crippen LogP contribution in [0.3, 0.4) is 0 Å². The molecule has 4 rings (SSSR count). The van der Waals surface area contributed by atoms with Crippen LogP contribution < -0.4 is 21.1 Å². The van der Waals surface area contributed by atoms with Crippen LogP contribution in [0.4, 0.5) is 10.5 Å². The Labute approximate surface area is 223 Å². The Morgan fingerprint density at radius 2 is 1.70 bits per heavy atom. The molecule has 10 heteroatoms. The molecule has 0 radical (unpaired) electrons. The number of urea groups is 1. The van der Waals surface area contributed by atoms with Crippen LogP contribution in [0, 0.1) is 0 Å². The minimum absolute atomic E-state index is 0.474. The van der Waals surface area contributed by atoms with Crippen LogP contribution in [0.2, 0.25) is 5.02 Å². The van der Waals surface area contributed by atoms with Crippen molar-refractivity contribution < 1.29 is 14.3 Å². The van der Waals surface area contributed by atoms with Crippen LogP contribution in [0.15, 0.2) is 48.5 Å². The molecule has 2 aromatic rings. The number of likely N-dealkylation sites (tertiary alicyclic amines) is 1. The summed E-state index contributed by atoms with van der Waals surface area (Å²) < 4.78 is 5.61. The molecular weight excluding hydrogens is 492 g/mol. The number of hydrogen-bond acceptors (Lipinski definition) is 6. The molecule has 2 unspecified atom stereocenters. The summed E-state index contributed by atoms with van der Waals surface area (Å²) in [5.74, 6) is -0.199. The van der Waals surface area contributed by atoms with E-state index in [-0.39, 0.29) is 0 Å². The van der Waals surface area contributed by atoms with Crippen LogP contribution in [-0.2, 0) is 10.5 Å².